The SMILES string of the molecule is COc1cc(C#Cc2ccc(C#CCCO)cc2)cc(OC)c1OC. The Morgan fingerprint density at radius 2 is 1.28 bits per heavy atom. The molecule has 0 aliphatic rings. The molecule has 0 aliphatic carbocycles. The van der Waals surface area contributed by atoms with Crippen molar-refractivity contribution >= 4 is 0 Å². The first-order chi connectivity index (χ1) is 12.2. The van der Waals surface area contributed by atoms with Crippen LogP contribution in [0.1, 0.15) is 23.1 Å². The molecule has 4 heteroatoms. The topological polar surface area (TPSA) is 47.9 Å². The summed E-state index contributed by atoms with van der Waals surface area (Å²) in [7, 11) is 4.72. The molecule has 0 heterocycles. The molecule has 0 saturated carbocycles. The Morgan fingerprint density at radius 3 is 1.76 bits per heavy atom. The Hall–Kier alpha value is -3.08. The normalized spacial score (nSPS) is 9.28. The van der Waals surface area contributed by atoms with Crippen LogP contribution in [0.25, 0.3) is 0 Å². The Balaban J connectivity index is 2.25. The number of benzene rings is 2. The van der Waals surface area contributed by atoms with Gasteiger partial charge in [-0.1, -0.05) is 23.7 Å². The van der Waals surface area contributed by atoms with Crippen LogP contribution in [0.4, 0.5) is 0 Å². The fourth-order valence-electron chi connectivity index (χ4n) is 2.15. The van der Waals surface area contributed by atoms with Gasteiger partial charge in [0.2, 0.25) is 5.75 Å². The first-order valence-corrected chi connectivity index (χ1v) is 7.73. The molecule has 128 valence electrons. The van der Waals surface area contributed by atoms with Crippen LogP contribution < -0.4 is 14.2 Å². The molecule has 2 rings (SSSR count). The molecule has 0 unspecified atom stereocenters. The van der Waals surface area contributed by atoms with Gasteiger partial charge in [-0.2, -0.15) is 0 Å². The third-order valence-corrected chi connectivity index (χ3v) is 3.37. The molecular weight excluding hydrogens is 316 g/mol. The second-order valence-electron chi connectivity index (χ2n) is 5.02. The lowest BCUT2D eigenvalue weighted by atomic mass is 10.1. The number of aliphatic hydroxyl groups is 1. The molecule has 0 aromatic heterocycles. The summed E-state index contributed by atoms with van der Waals surface area (Å²) in [5, 5.41) is 8.73. The van der Waals surface area contributed by atoms with E-state index in [4.69, 9.17) is 19.3 Å². The highest BCUT2D eigenvalue weighted by atomic mass is 16.5. The summed E-state index contributed by atoms with van der Waals surface area (Å²) in [4.78, 5) is 0. The highest BCUT2D eigenvalue weighted by Crippen LogP contribution is 2.37. The molecular formula is C21H20O4. The highest BCUT2D eigenvalue weighted by molar-refractivity contribution is 5.58. The van der Waals surface area contributed by atoms with Crippen molar-refractivity contribution < 1.29 is 19.3 Å². The van der Waals surface area contributed by atoms with E-state index in [0.717, 1.165) is 16.7 Å². The number of ether oxygens (including phenoxy) is 3. The van der Waals surface area contributed by atoms with E-state index in [1.807, 2.05) is 36.4 Å². The predicted octanol–water partition coefficient (Wildman–Crippen LogP) is 2.85. The molecule has 0 fully saturated rings. The smallest absolute Gasteiger partial charge is 0.203 e. The second kappa shape index (κ2) is 9.27. The summed E-state index contributed by atoms with van der Waals surface area (Å²) in [6, 6.07) is 11.3. The Bertz CT molecular complexity index is 805. The van der Waals surface area contributed by atoms with Crippen LogP contribution in [0, 0.1) is 23.7 Å². The predicted molar refractivity (Wildman–Crippen MR) is 97.1 cm³/mol. The van der Waals surface area contributed by atoms with Crippen LogP contribution in [0.2, 0.25) is 0 Å². The minimum absolute atomic E-state index is 0.0747. The lowest BCUT2D eigenvalue weighted by Gasteiger charge is -2.12. The minimum atomic E-state index is 0.0747. The van der Waals surface area contributed by atoms with Crippen molar-refractivity contribution in [3.8, 4) is 40.9 Å². The van der Waals surface area contributed by atoms with E-state index < -0.39 is 0 Å². The van der Waals surface area contributed by atoms with Crippen LogP contribution in [-0.4, -0.2) is 33.0 Å². The summed E-state index contributed by atoms with van der Waals surface area (Å²) >= 11 is 0. The van der Waals surface area contributed by atoms with Crippen molar-refractivity contribution in [3.63, 3.8) is 0 Å². The zero-order valence-corrected chi connectivity index (χ0v) is 14.6. The van der Waals surface area contributed by atoms with Gasteiger partial charge in [0.05, 0.1) is 27.9 Å². The third-order valence-electron chi connectivity index (χ3n) is 3.37. The van der Waals surface area contributed by atoms with Crippen LogP contribution in [0.5, 0.6) is 17.2 Å². The molecule has 0 saturated heterocycles. The van der Waals surface area contributed by atoms with Crippen molar-refractivity contribution in [2.75, 3.05) is 27.9 Å². The van der Waals surface area contributed by atoms with E-state index in [-0.39, 0.29) is 6.61 Å². The molecule has 0 radical (unpaired) electrons. The van der Waals surface area contributed by atoms with Crippen molar-refractivity contribution in [1.82, 2.24) is 0 Å². The van der Waals surface area contributed by atoms with E-state index >= 15 is 0 Å². The first-order valence-electron chi connectivity index (χ1n) is 7.73. The summed E-state index contributed by atoms with van der Waals surface area (Å²) in [5.74, 6) is 13.8. The molecule has 0 aliphatic heterocycles. The largest absolute Gasteiger partial charge is 0.493 e. The number of hydrogen-bond donors (Lipinski definition) is 1. The number of methoxy groups -OCH3 is 3. The monoisotopic (exact) mass is 336 g/mol. The van der Waals surface area contributed by atoms with Gasteiger partial charge < -0.3 is 19.3 Å². The second-order valence-corrected chi connectivity index (χ2v) is 5.02. The molecule has 0 spiro atoms. The van der Waals surface area contributed by atoms with E-state index in [2.05, 4.69) is 23.7 Å². The molecule has 4 nitrogen and oxygen atoms in total. The van der Waals surface area contributed by atoms with Gasteiger partial charge >= 0.3 is 0 Å². The summed E-state index contributed by atoms with van der Waals surface area (Å²) in [5.41, 5.74) is 2.54. The standard InChI is InChI=1S/C21H20O4/c1-23-19-14-18(15-20(24-2)21(19)25-3)12-11-17-9-7-16(8-10-17)6-4-5-13-22/h7-10,14-15,22H,5,13H2,1-3H3. The maximum absolute atomic E-state index is 8.73. The zero-order chi connectivity index (χ0) is 18.1. The summed E-state index contributed by atoms with van der Waals surface area (Å²) < 4.78 is 16.0. The summed E-state index contributed by atoms with van der Waals surface area (Å²) in [6.45, 7) is 0.0747. The zero-order valence-electron chi connectivity index (χ0n) is 14.6. The Morgan fingerprint density at radius 1 is 0.760 bits per heavy atom. The average Bonchev–Trinajstić information content (AvgIpc) is 2.66. The van der Waals surface area contributed by atoms with Gasteiger partial charge in [-0.05, 0) is 36.4 Å². The average molecular weight is 336 g/mol. The van der Waals surface area contributed by atoms with Crippen molar-refractivity contribution in [3.05, 3.63) is 53.1 Å². The maximum Gasteiger partial charge on any atom is 0.203 e. The minimum Gasteiger partial charge on any atom is -0.493 e. The van der Waals surface area contributed by atoms with E-state index in [1.54, 1.807) is 21.3 Å². The van der Waals surface area contributed by atoms with E-state index in [9.17, 15) is 0 Å². The fraction of sp³-hybridized carbons (Fsp3) is 0.238. The molecule has 0 bridgehead atoms. The maximum atomic E-state index is 8.73. The molecule has 2 aromatic rings. The van der Waals surface area contributed by atoms with Gasteiger partial charge in [0.15, 0.2) is 11.5 Å². The third kappa shape index (κ3) is 4.94. The van der Waals surface area contributed by atoms with Gasteiger partial charge in [-0.3, -0.25) is 0 Å². The Labute approximate surface area is 148 Å². The fourth-order valence-corrected chi connectivity index (χ4v) is 2.15. The quantitative estimate of drug-likeness (QED) is 0.872. The molecule has 25 heavy (non-hydrogen) atoms. The van der Waals surface area contributed by atoms with Crippen LogP contribution in [0.3, 0.4) is 0 Å². The van der Waals surface area contributed by atoms with Crippen LogP contribution in [0.15, 0.2) is 36.4 Å². The number of hydrogen-bond acceptors (Lipinski definition) is 4. The lowest BCUT2D eigenvalue weighted by Crippen LogP contribution is -1.95. The van der Waals surface area contributed by atoms with Gasteiger partial charge in [0.25, 0.3) is 0 Å². The van der Waals surface area contributed by atoms with E-state index in [1.165, 1.54) is 0 Å². The molecule has 0 amide bonds. The van der Waals surface area contributed by atoms with Gasteiger partial charge in [0, 0.05) is 23.1 Å². The van der Waals surface area contributed by atoms with Crippen molar-refractivity contribution in [1.29, 1.82) is 0 Å². The van der Waals surface area contributed by atoms with Crippen LogP contribution >= 0.6 is 0 Å². The summed E-state index contributed by atoms with van der Waals surface area (Å²) in [6.07, 6.45) is 0.475. The van der Waals surface area contributed by atoms with Crippen molar-refractivity contribution in [2.24, 2.45) is 0 Å². The lowest BCUT2D eigenvalue weighted by molar-refractivity contribution is 0.305. The number of aliphatic hydroxyl groups excluding tert-OH is 1. The van der Waals surface area contributed by atoms with Gasteiger partial charge in [0.1, 0.15) is 0 Å². The van der Waals surface area contributed by atoms with Gasteiger partial charge in [-0.15, -0.1) is 0 Å². The van der Waals surface area contributed by atoms with Crippen LogP contribution in [-0.2, 0) is 0 Å². The Kier molecular flexibility index (Phi) is 6.77. The molecule has 2 aromatic carbocycles. The first kappa shape index (κ1) is 18.3. The van der Waals surface area contributed by atoms with Crippen molar-refractivity contribution in [2.45, 2.75) is 6.42 Å². The van der Waals surface area contributed by atoms with E-state index in [0.29, 0.717) is 23.7 Å². The number of rotatable bonds is 4. The molecule has 0 atom stereocenters. The highest BCUT2D eigenvalue weighted by Gasteiger charge is 2.12. The molecule has 1 N–H and O–H groups in total. The van der Waals surface area contributed by atoms with Gasteiger partial charge in [-0.25, -0.2) is 0 Å².